The van der Waals surface area contributed by atoms with Crippen LogP contribution in [0.25, 0.3) is 11.6 Å². The summed E-state index contributed by atoms with van der Waals surface area (Å²) >= 11 is 6.12. The molecule has 0 saturated carbocycles. The predicted octanol–water partition coefficient (Wildman–Crippen LogP) is 7.11. The van der Waals surface area contributed by atoms with Gasteiger partial charge in [-0.1, -0.05) is 23.7 Å². The number of hydrogen-bond donors (Lipinski definition) is 0. The molecule has 3 aromatic carbocycles. The van der Waals surface area contributed by atoms with E-state index in [2.05, 4.69) is 4.74 Å². The first kappa shape index (κ1) is 30.3. The molecule has 1 atom stereocenters. The average molecular weight is 616 g/mol. The highest BCUT2D eigenvalue weighted by Crippen LogP contribution is 2.41. The Bertz CT molecular complexity index is 1600. The Hall–Kier alpha value is -3.64. The Morgan fingerprint density at radius 1 is 1.12 bits per heavy atom. The second-order valence-electron chi connectivity index (χ2n) is 9.18. The van der Waals surface area contributed by atoms with Crippen molar-refractivity contribution < 1.29 is 44.6 Å². The number of ether oxygens (including phenoxy) is 2. The second-order valence-corrected chi connectivity index (χ2v) is 11.5. The number of alkyl halides is 3. The minimum atomic E-state index is -4.80. The van der Waals surface area contributed by atoms with Crippen LogP contribution in [-0.4, -0.2) is 34.1 Å². The highest BCUT2D eigenvalue weighted by molar-refractivity contribution is 7.92. The van der Waals surface area contributed by atoms with Crippen LogP contribution < -0.4 is 9.04 Å². The zero-order chi connectivity index (χ0) is 30.1. The van der Waals surface area contributed by atoms with Crippen LogP contribution >= 0.6 is 11.6 Å². The fourth-order valence-electron chi connectivity index (χ4n) is 4.36. The monoisotopic (exact) mass is 615 g/mol. The fraction of sp³-hybridized carbons (Fsp3) is 0.250. The molecule has 0 aromatic heterocycles. The smallest absolute Gasteiger partial charge is 0.416 e. The number of methoxy groups -OCH3 is 1. The molecule has 41 heavy (non-hydrogen) atoms. The summed E-state index contributed by atoms with van der Waals surface area (Å²) in [5.74, 6) is -2.31. The largest absolute Gasteiger partial charge is 0.486 e. The minimum absolute atomic E-state index is 0.0128. The zero-order valence-electron chi connectivity index (χ0n) is 21.6. The number of carbonyl (C=O) groups is 1. The molecule has 0 N–H and O–H groups in total. The van der Waals surface area contributed by atoms with Crippen molar-refractivity contribution in [1.82, 2.24) is 0 Å². The van der Waals surface area contributed by atoms with Crippen LogP contribution in [0.5, 0.6) is 5.75 Å². The molecule has 0 aliphatic carbocycles. The molecule has 0 bridgehead atoms. The zero-order valence-corrected chi connectivity index (χ0v) is 23.2. The number of hydrogen-bond acceptors (Lipinski definition) is 5. The van der Waals surface area contributed by atoms with Crippen molar-refractivity contribution in [3.05, 3.63) is 87.9 Å². The topological polar surface area (TPSA) is 72.9 Å². The fourth-order valence-corrected chi connectivity index (χ4v) is 6.22. The van der Waals surface area contributed by atoms with Crippen molar-refractivity contribution in [2.24, 2.45) is 0 Å². The minimum Gasteiger partial charge on any atom is -0.486 e. The molecule has 0 saturated heterocycles. The highest BCUT2D eigenvalue weighted by Gasteiger charge is 2.37. The molecular formula is C28H23ClF5NO5S. The predicted molar refractivity (Wildman–Crippen MR) is 143 cm³/mol. The summed E-state index contributed by atoms with van der Waals surface area (Å²) in [6, 6.07) is 9.31. The van der Waals surface area contributed by atoms with Crippen LogP contribution in [0, 0.1) is 11.6 Å². The lowest BCUT2D eigenvalue weighted by atomic mass is 10.0. The molecule has 0 fully saturated rings. The van der Waals surface area contributed by atoms with Gasteiger partial charge in [-0.2, -0.15) is 13.2 Å². The summed E-state index contributed by atoms with van der Waals surface area (Å²) in [5, 5.41) is 0.0719. The molecule has 1 aliphatic heterocycles. The summed E-state index contributed by atoms with van der Waals surface area (Å²) in [7, 11) is -3.47. The summed E-state index contributed by atoms with van der Waals surface area (Å²) in [5.41, 5.74) is -1.24. The van der Waals surface area contributed by atoms with Crippen LogP contribution in [0.1, 0.15) is 36.5 Å². The van der Waals surface area contributed by atoms with E-state index in [9.17, 15) is 30.8 Å². The van der Waals surface area contributed by atoms with Crippen LogP contribution in [0.4, 0.5) is 27.6 Å². The van der Waals surface area contributed by atoms with Gasteiger partial charge in [0.15, 0.2) is 0 Å². The lowest BCUT2D eigenvalue weighted by Gasteiger charge is -2.36. The molecular weight excluding hydrogens is 593 g/mol. The van der Waals surface area contributed by atoms with Crippen molar-refractivity contribution in [2.45, 2.75) is 36.9 Å². The SMILES string of the molecule is COC(=O)CC[C@H]1CN(S(=O)(=O)c2cccc(C(F)(F)F)c2)c2cc(C=C(C)c3c(F)cccc3Cl)c(F)cc2O1. The van der Waals surface area contributed by atoms with Gasteiger partial charge in [-0.05, 0) is 61.4 Å². The third-order valence-electron chi connectivity index (χ3n) is 6.39. The number of anilines is 1. The molecule has 0 radical (unpaired) electrons. The van der Waals surface area contributed by atoms with Gasteiger partial charge in [-0.3, -0.25) is 9.10 Å². The summed E-state index contributed by atoms with van der Waals surface area (Å²) in [6.45, 7) is 1.09. The van der Waals surface area contributed by atoms with E-state index in [1.807, 2.05) is 0 Å². The van der Waals surface area contributed by atoms with Crippen molar-refractivity contribution in [3.8, 4) is 5.75 Å². The average Bonchev–Trinajstić information content (AvgIpc) is 2.91. The van der Waals surface area contributed by atoms with E-state index in [1.165, 1.54) is 38.3 Å². The molecule has 0 spiro atoms. The Morgan fingerprint density at radius 3 is 2.49 bits per heavy atom. The van der Waals surface area contributed by atoms with Crippen molar-refractivity contribution in [1.29, 1.82) is 0 Å². The quantitative estimate of drug-likeness (QED) is 0.161. The number of nitrogens with zero attached hydrogens (tertiary/aromatic N) is 1. The Balaban J connectivity index is 1.83. The third kappa shape index (κ3) is 6.48. The van der Waals surface area contributed by atoms with Crippen LogP contribution in [-0.2, 0) is 25.7 Å². The van der Waals surface area contributed by atoms with Gasteiger partial charge >= 0.3 is 12.1 Å². The lowest BCUT2D eigenvalue weighted by Crippen LogP contribution is -2.44. The number of rotatable bonds is 7. The summed E-state index contributed by atoms with van der Waals surface area (Å²) in [4.78, 5) is 11.0. The molecule has 218 valence electrons. The third-order valence-corrected chi connectivity index (χ3v) is 8.48. The number of sulfonamides is 1. The molecule has 13 heteroatoms. The van der Waals surface area contributed by atoms with Crippen LogP contribution in [0.2, 0.25) is 5.02 Å². The van der Waals surface area contributed by atoms with E-state index in [4.69, 9.17) is 16.3 Å². The lowest BCUT2D eigenvalue weighted by molar-refractivity contribution is -0.141. The number of benzene rings is 3. The van der Waals surface area contributed by atoms with E-state index in [-0.39, 0.29) is 46.0 Å². The maximum Gasteiger partial charge on any atom is 0.416 e. The number of halogens is 6. The van der Waals surface area contributed by atoms with E-state index >= 15 is 4.39 Å². The van der Waals surface area contributed by atoms with E-state index in [1.54, 1.807) is 0 Å². The maximum atomic E-state index is 15.3. The first-order valence-corrected chi connectivity index (χ1v) is 13.9. The Labute approximate surface area is 238 Å². The Morgan fingerprint density at radius 2 is 1.83 bits per heavy atom. The Kier molecular flexibility index (Phi) is 8.65. The van der Waals surface area contributed by atoms with E-state index in [0.717, 1.165) is 34.6 Å². The van der Waals surface area contributed by atoms with Gasteiger partial charge in [0.2, 0.25) is 0 Å². The van der Waals surface area contributed by atoms with Crippen molar-refractivity contribution in [3.63, 3.8) is 0 Å². The van der Waals surface area contributed by atoms with Gasteiger partial charge < -0.3 is 9.47 Å². The first-order valence-electron chi connectivity index (χ1n) is 12.1. The first-order chi connectivity index (χ1) is 19.2. The maximum absolute atomic E-state index is 15.3. The van der Waals surface area contributed by atoms with Gasteiger partial charge in [0.1, 0.15) is 23.5 Å². The van der Waals surface area contributed by atoms with E-state index in [0.29, 0.717) is 6.07 Å². The number of allylic oxidation sites excluding steroid dienone is 1. The molecule has 6 nitrogen and oxygen atoms in total. The van der Waals surface area contributed by atoms with Crippen molar-refractivity contribution >= 4 is 44.9 Å². The molecule has 0 unspecified atom stereocenters. The summed E-state index contributed by atoms with van der Waals surface area (Å²) in [6.07, 6.45) is -4.67. The second kappa shape index (κ2) is 11.7. The molecule has 1 aliphatic rings. The number of fused-ring (bicyclic) bond motifs is 1. The van der Waals surface area contributed by atoms with Gasteiger partial charge in [0.25, 0.3) is 10.0 Å². The standard InChI is InChI=1S/C28H23ClF5NO5S/c1-16(27-21(29)7-4-8-22(27)30)11-17-12-24-25(14-23(17)31)40-19(9-10-26(36)39-2)15-35(24)41(37,38)20-6-3-5-18(13-20)28(32,33)34/h3-8,11-14,19H,9-10,15H2,1-2H3/t19-/m0/s1. The number of esters is 1. The normalized spacial score (nSPS) is 15.8. The highest BCUT2D eigenvalue weighted by atomic mass is 35.5. The van der Waals surface area contributed by atoms with Gasteiger partial charge in [0, 0.05) is 23.6 Å². The van der Waals surface area contributed by atoms with E-state index < -0.39 is 56.9 Å². The summed E-state index contributed by atoms with van der Waals surface area (Å²) < 4.78 is 109. The molecule has 3 aromatic rings. The molecule has 0 amide bonds. The van der Waals surface area contributed by atoms with Crippen molar-refractivity contribution in [2.75, 3.05) is 18.0 Å². The van der Waals surface area contributed by atoms with Crippen LogP contribution in [0.15, 0.2) is 59.5 Å². The number of carbonyl (C=O) groups excluding carboxylic acids is 1. The molecule has 4 rings (SSSR count). The van der Waals surface area contributed by atoms with Gasteiger partial charge in [0.05, 0.1) is 34.8 Å². The molecule has 1 heterocycles. The van der Waals surface area contributed by atoms with Crippen LogP contribution in [0.3, 0.4) is 0 Å². The van der Waals surface area contributed by atoms with Gasteiger partial charge in [-0.25, -0.2) is 17.2 Å². The van der Waals surface area contributed by atoms with Gasteiger partial charge in [-0.15, -0.1) is 0 Å².